The van der Waals surface area contributed by atoms with E-state index in [1.165, 1.54) is 18.2 Å². The van der Waals surface area contributed by atoms with Gasteiger partial charge in [0.2, 0.25) is 5.91 Å². The Morgan fingerprint density at radius 3 is 2.71 bits per heavy atom. The van der Waals surface area contributed by atoms with Crippen molar-refractivity contribution in [2.45, 2.75) is 19.4 Å². The van der Waals surface area contributed by atoms with Crippen LogP contribution < -0.4 is 11.1 Å². The number of nitrogens with two attached hydrogens (primary N) is 1. The molecule has 0 radical (unpaired) electrons. The van der Waals surface area contributed by atoms with Crippen LogP contribution in [0.1, 0.15) is 23.7 Å². The predicted octanol–water partition coefficient (Wildman–Crippen LogP) is 0.728. The highest BCUT2D eigenvalue weighted by Crippen LogP contribution is 2.14. The fraction of sp³-hybridized carbons (Fsp3) is 0.308. The van der Waals surface area contributed by atoms with Crippen molar-refractivity contribution < 1.29 is 14.5 Å². The minimum atomic E-state index is -1.02. The van der Waals surface area contributed by atoms with E-state index in [9.17, 15) is 19.7 Å². The molecule has 0 aromatic heterocycles. The normalized spacial score (nSPS) is 12.8. The van der Waals surface area contributed by atoms with Gasteiger partial charge in [0.25, 0.3) is 11.6 Å². The number of amides is 2. The van der Waals surface area contributed by atoms with Crippen molar-refractivity contribution in [2.75, 3.05) is 0 Å². The predicted molar refractivity (Wildman–Crippen MR) is 72.9 cm³/mol. The van der Waals surface area contributed by atoms with Crippen molar-refractivity contribution in [3.8, 4) is 6.07 Å². The third-order valence-electron chi connectivity index (χ3n) is 2.89. The van der Waals surface area contributed by atoms with E-state index < -0.39 is 28.7 Å². The number of nitro benzene ring substituents is 1. The Kier molecular flexibility index (Phi) is 5.37. The van der Waals surface area contributed by atoms with Gasteiger partial charge in [-0.15, -0.1) is 0 Å². The Hall–Kier alpha value is -2.95. The average molecular weight is 290 g/mol. The van der Waals surface area contributed by atoms with Gasteiger partial charge in [0.1, 0.15) is 6.04 Å². The van der Waals surface area contributed by atoms with Crippen LogP contribution in [0.5, 0.6) is 0 Å². The van der Waals surface area contributed by atoms with Gasteiger partial charge in [0, 0.05) is 24.1 Å². The Bertz CT molecular complexity index is 608. The van der Waals surface area contributed by atoms with Gasteiger partial charge in [-0.3, -0.25) is 19.7 Å². The molecule has 0 aliphatic rings. The maximum Gasteiger partial charge on any atom is 0.270 e. The molecule has 3 N–H and O–H groups in total. The van der Waals surface area contributed by atoms with Crippen LogP contribution in [0, 0.1) is 27.4 Å². The lowest BCUT2D eigenvalue weighted by atomic mass is 9.98. The lowest BCUT2D eigenvalue weighted by Gasteiger charge is -2.20. The molecular weight excluding hydrogens is 276 g/mol. The highest BCUT2D eigenvalue weighted by Gasteiger charge is 2.25. The lowest BCUT2D eigenvalue weighted by Crippen LogP contribution is -2.48. The summed E-state index contributed by atoms with van der Waals surface area (Å²) in [6.07, 6.45) is 0.0445. The van der Waals surface area contributed by atoms with Crippen molar-refractivity contribution in [1.29, 1.82) is 5.26 Å². The lowest BCUT2D eigenvalue weighted by molar-refractivity contribution is -0.384. The zero-order valence-electron chi connectivity index (χ0n) is 11.3. The van der Waals surface area contributed by atoms with Gasteiger partial charge >= 0.3 is 0 Å². The van der Waals surface area contributed by atoms with Crippen LogP contribution in [-0.4, -0.2) is 22.8 Å². The molecule has 8 nitrogen and oxygen atoms in total. The summed E-state index contributed by atoms with van der Waals surface area (Å²) in [5, 5.41) is 21.7. The van der Waals surface area contributed by atoms with Crippen LogP contribution in [0.15, 0.2) is 24.3 Å². The van der Waals surface area contributed by atoms with Gasteiger partial charge in [0.15, 0.2) is 0 Å². The summed E-state index contributed by atoms with van der Waals surface area (Å²) in [5.74, 6) is -1.89. The van der Waals surface area contributed by atoms with E-state index in [0.717, 1.165) is 6.07 Å². The first kappa shape index (κ1) is 16.1. The minimum Gasteiger partial charge on any atom is -0.368 e. The zero-order chi connectivity index (χ0) is 16.0. The molecule has 8 heteroatoms. The number of carbonyl (C=O) groups is 2. The number of nitrogens with one attached hydrogen (secondary N) is 1. The third kappa shape index (κ3) is 4.28. The van der Waals surface area contributed by atoms with Crippen molar-refractivity contribution in [1.82, 2.24) is 5.32 Å². The monoisotopic (exact) mass is 290 g/mol. The Balaban J connectivity index is 2.92. The molecule has 0 heterocycles. The summed E-state index contributed by atoms with van der Waals surface area (Å²) in [7, 11) is 0. The summed E-state index contributed by atoms with van der Waals surface area (Å²) < 4.78 is 0. The molecule has 0 aliphatic carbocycles. The van der Waals surface area contributed by atoms with E-state index in [0.29, 0.717) is 0 Å². The smallest absolute Gasteiger partial charge is 0.270 e. The molecule has 1 rings (SSSR count). The van der Waals surface area contributed by atoms with Gasteiger partial charge in [-0.25, -0.2) is 0 Å². The molecule has 0 spiro atoms. The summed E-state index contributed by atoms with van der Waals surface area (Å²) in [4.78, 5) is 33.4. The second kappa shape index (κ2) is 7.00. The summed E-state index contributed by atoms with van der Waals surface area (Å²) >= 11 is 0. The Morgan fingerprint density at radius 1 is 1.52 bits per heavy atom. The van der Waals surface area contributed by atoms with E-state index in [1.54, 1.807) is 6.92 Å². The Labute approximate surface area is 120 Å². The molecule has 0 saturated heterocycles. The quantitative estimate of drug-likeness (QED) is 0.587. The van der Waals surface area contributed by atoms with Crippen LogP contribution in [0.2, 0.25) is 0 Å². The second-order valence-electron chi connectivity index (χ2n) is 4.50. The van der Waals surface area contributed by atoms with Crippen LogP contribution >= 0.6 is 0 Å². The summed E-state index contributed by atoms with van der Waals surface area (Å²) in [6, 6.07) is 5.97. The second-order valence-corrected chi connectivity index (χ2v) is 4.50. The SMILES string of the molecule is C[C@@H](CC#N)[C@H](NC(=O)c1cccc([N+](=O)[O-])c1)C(N)=O. The largest absolute Gasteiger partial charge is 0.368 e. The van der Waals surface area contributed by atoms with Crippen LogP contribution in [0.25, 0.3) is 0 Å². The first-order valence-electron chi connectivity index (χ1n) is 6.08. The number of rotatable bonds is 6. The topological polar surface area (TPSA) is 139 Å². The van der Waals surface area contributed by atoms with Crippen LogP contribution in [0.4, 0.5) is 5.69 Å². The van der Waals surface area contributed by atoms with Gasteiger partial charge in [0.05, 0.1) is 11.0 Å². The standard InChI is InChI=1S/C13H14N4O4/c1-8(5-6-14)11(12(15)18)16-13(19)9-3-2-4-10(7-9)17(20)21/h2-4,7-8,11H,5H2,1H3,(H2,15,18)(H,16,19)/t8-,11-/m0/s1. The van der Waals surface area contributed by atoms with E-state index in [4.69, 9.17) is 11.0 Å². The summed E-state index contributed by atoms with van der Waals surface area (Å²) in [6.45, 7) is 1.60. The molecule has 1 aromatic rings. The number of hydrogen-bond acceptors (Lipinski definition) is 5. The van der Waals surface area contributed by atoms with Gasteiger partial charge in [-0.05, 0) is 12.0 Å². The van der Waals surface area contributed by atoms with Crippen molar-refractivity contribution in [3.63, 3.8) is 0 Å². The first-order valence-corrected chi connectivity index (χ1v) is 6.08. The number of nitro groups is 1. The highest BCUT2D eigenvalue weighted by atomic mass is 16.6. The molecule has 2 atom stereocenters. The van der Waals surface area contributed by atoms with Crippen molar-refractivity contribution in [3.05, 3.63) is 39.9 Å². The number of non-ortho nitro benzene ring substituents is 1. The molecule has 2 amide bonds. The molecule has 0 saturated carbocycles. The number of hydrogen-bond donors (Lipinski definition) is 2. The zero-order valence-corrected chi connectivity index (χ0v) is 11.3. The van der Waals surface area contributed by atoms with E-state index in [2.05, 4.69) is 5.32 Å². The number of nitriles is 1. The van der Waals surface area contributed by atoms with Crippen molar-refractivity contribution >= 4 is 17.5 Å². The fourth-order valence-corrected chi connectivity index (χ4v) is 1.74. The number of primary amides is 1. The molecule has 21 heavy (non-hydrogen) atoms. The minimum absolute atomic E-state index is 0.0413. The van der Waals surface area contributed by atoms with E-state index in [1.807, 2.05) is 6.07 Å². The third-order valence-corrected chi connectivity index (χ3v) is 2.89. The molecule has 0 bridgehead atoms. The van der Waals surface area contributed by atoms with Gasteiger partial charge < -0.3 is 11.1 Å². The van der Waals surface area contributed by atoms with Gasteiger partial charge in [-0.2, -0.15) is 5.26 Å². The number of nitrogens with zero attached hydrogens (tertiary/aromatic N) is 2. The van der Waals surface area contributed by atoms with E-state index in [-0.39, 0.29) is 17.7 Å². The number of carbonyl (C=O) groups excluding carboxylic acids is 2. The number of benzene rings is 1. The van der Waals surface area contributed by atoms with Crippen LogP contribution in [-0.2, 0) is 4.79 Å². The Morgan fingerprint density at radius 2 is 2.19 bits per heavy atom. The van der Waals surface area contributed by atoms with E-state index >= 15 is 0 Å². The highest BCUT2D eigenvalue weighted by molar-refractivity contribution is 5.97. The van der Waals surface area contributed by atoms with Crippen LogP contribution in [0.3, 0.4) is 0 Å². The van der Waals surface area contributed by atoms with Gasteiger partial charge in [-0.1, -0.05) is 13.0 Å². The van der Waals surface area contributed by atoms with Crippen molar-refractivity contribution in [2.24, 2.45) is 11.7 Å². The molecular formula is C13H14N4O4. The maximum atomic E-state index is 12.0. The summed E-state index contributed by atoms with van der Waals surface area (Å²) in [5.41, 5.74) is 5.01. The molecule has 0 aliphatic heterocycles. The molecule has 0 fully saturated rings. The average Bonchev–Trinajstić information content (AvgIpc) is 2.44. The molecule has 0 unspecified atom stereocenters. The first-order chi connectivity index (χ1) is 9.86. The molecule has 110 valence electrons. The fourth-order valence-electron chi connectivity index (χ4n) is 1.74. The molecule has 1 aromatic carbocycles. The maximum absolute atomic E-state index is 12.0.